The van der Waals surface area contributed by atoms with E-state index in [4.69, 9.17) is 0 Å². The summed E-state index contributed by atoms with van der Waals surface area (Å²) >= 11 is 0. The van der Waals surface area contributed by atoms with Gasteiger partial charge in [-0.25, -0.2) is 8.78 Å². The molecule has 176 valence electrons. The van der Waals surface area contributed by atoms with E-state index in [0.29, 0.717) is 18.5 Å². The molecule has 0 aliphatic carbocycles. The van der Waals surface area contributed by atoms with Crippen LogP contribution in [0.25, 0.3) is 0 Å². The molecular formula is C25H30F2N4O2. The summed E-state index contributed by atoms with van der Waals surface area (Å²) in [4.78, 5) is 33.1. The highest BCUT2D eigenvalue weighted by molar-refractivity contribution is 6.04. The van der Waals surface area contributed by atoms with E-state index < -0.39 is 5.92 Å². The predicted octanol–water partition coefficient (Wildman–Crippen LogP) is 4.38. The van der Waals surface area contributed by atoms with E-state index >= 15 is 0 Å². The molecule has 0 spiro atoms. The Hall–Kier alpha value is -2.87. The van der Waals surface area contributed by atoms with Gasteiger partial charge in [0.25, 0.3) is 11.8 Å². The molecule has 2 unspecified atom stereocenters. The molecule has 2 atom stereocenters. The molecule has 1 aromatic carbocycles. The number of carbonyl (C=O) groups is 2. The summed E-state index contributed by atoms with van der Waals surface area (Å²) in [6.45, 7) is 5.89. The van der Waals surface area contributed by atoms with Crippen molar-refractivity contribution in [2.24, 2.45) is 0 Å². The maximum Gasteiger partial charge on any atom is 0.274 e. The Morgan fingerprint density at radius 3 is 2.79 bits per heavy atom. The van der Waals surface area contributed by atoms with Crippen LogP contribution in [0, 0.1) is 0 Å². The van der Waals surface area contributed by atoms with Gasteiger partial charge in [0.05, 0.1) is 11.9 Å². The summed E-state index contributed by atoms with van der Waals surface area (Å²) in [6, 6.07) is 7.11. The standard InChI is InChI=1S/C25H30F2N4O2/c1-4-25(26,27)19-10-20(13-28-12-19)29-24(33)17-5-6-22-16(2)14-31(15-18(22)9-17)21-7-8-30(3)23(32)11-21/h5-6,9-10,12-13,16,21H,4,7-8,11,14-15H2,1-3H3,(H,29,33). The van der Waals surface area contributed by atoms with Gasteiger partial charge >= 0.3 is 0 Å². The molecule has 2 aliphatic heterocycles. The van der Waals surface area contributed by atoms with Crippen molar-refractivity contribution in [3.63, 3.8) is 0 Å². The molecule has 8 heteroatoms. The van der Waals surface area contributed by atoms with E-state index in [1.807, 2.05) is 19.2 Å². The Labute approximate surface area is 193 Å². The first-order valence-electron chi connectivity index (χ1n) is 11.4. The molecule has 0 radical (unpaired) electrons. The number of hydrogen-bond acceptors (Lipinski definition) is 4. The molecule has 3 heterocycles. The van der Waals surface area contributed by atoms with Crippen LogP contribution in [0.4, 0.5) is 14.5 Å². The zero-order valence-corrected chi connectivity index (χ0v) is 19.3. The first-order chi connectivity index (χ1) is 15.7. The van der Waals surface area contributed by atoms with Crippen LogP contribution in [0.15, 0.2) is 36.7 Å². The van der Waals surface area contributed by atoms with Gasteiger partial charge in [0.1, 0.15) is 0 Å². The number of rotatable bonds is 5. The molecule has 6 nitrogen and oxygen atoms in total. The van der Waals surface area contributed by atoms with Crippen LogP contribution in [0.5, 0.6) is 0 Å². The lowest BCUT2D eigenvalue weighted by Crippen LogP contribution is -2.48. The van der Waals surface area contributed by atoms with Crippen molar-refractivity contribution in [2.45, 2.75) is 57.5 Å². The number of halogens is 2. The van der Waals surface area contributed by atoms with E-state index in [2.05, 4.69) is 22.1 Å². The van der Waals surface area contributed by atoms with Crippen LogP contribution >= 0.6 is 0 Å². The third kappa shape index (κ3) is 4.90. The van der Waals surface area contributed by atoms with Gasteiger partial charge in [-0.2, -0.15) is 0 Å². The predicted molar refractivity (Wildman–Crippen MR) is 122 cm³/mol. The molecule has 4 rings (SSSR count). The van der Waals surface area contributed by atoms with E-state index in [1.165, 1.54) is 24.8 Å². The van der Waals surface area contributed by atoms with Crippen molar-refractivity contribution in [2.75, 3.05) is 25.5 Å². The van der Waals surface area contributed by atoms with Gasteiger partial charge < -0.3 is 10.2 Å². The highest BCUT2D eigenvalue weighted by Crippen LogP contribution is 2.33. The highest BCUT2D eigenvalue weighted by atomic mass is 19.3. The van der Waals surface area contributed by atoms with Gasteiger partial charge in [0.15, 0.2) is 0 Å². The Morgan fingerprint density at radius 1 is 1.27 bits per heavy atom. The molecule has 33 heavy (non-hydrogen) atoms. The summed E-state index contributed by atoms with van der Waals surface area (Å²) < 4.78 is 28.0. The van der Waals surface area contributed by atoms with Crippen LogP contribution < -0.4 is 5.32 Å². The van der Waals surface area contributed by atoms with Gasteiger partial charge in [-0.15, -0.1) is 0 Å². The summed E-state index contributed by atoms with van der Waals surface area (Å²) in [5, 5.41) is 2.70. The van der Waals surface area contributed by atoms with E-state index in [9.17, 15) is 18.4 Å². The molecule has 0 bridgehead atoms. The maximum atomic E-state index is 14.0. The number of pyridine rings is 1. The zero-order valence-electron chi connectivity index (χ0n) is 19.3. The third-order valence-corrected chi connectivity index (χ3v) is 6.83. The Kier molecular flexibility index (Phi) is 6.47. The average molecular weight is 457 g/mol. The third-order valence-electron chi connectivity index (χ3n) is 6.83. The lowest BCUT2D eigenvalue weighted by atomic mass is 9.87. The molecule has 0 saturated carbocycles. The number of amides is 2. The van der Waals surface area contributed by atoms with Crippen LogP contribution in [0.3, 0.4) is 0 Å². The number of likely N-dealkylation sites (tertiary alicyclic amines) is 1. The number of fused-ring (bicyclic) bond motifs is 1. The van der Waals surface area contributed by atoms with Gasteiger partial charge in [0.2, 0.25) is 5.91 Å². The number of hydrogen-bond donors (Lipinski definition) is 1. The van der Waals surface area contributed by atoms with Gasteiger partial charge in [-0.3, -0.25) is 19.5 Å². The number of piperidine rings is 1. The van der Waals surface area contributed by atoms with Crippen LogP contribution in [-0.4, -0.2) is 52.8 Å². The second kappa shape index (κ2) is 9.17. The zero-order chi connectivity index (χ0) is 23.8. The Balaban J connectivity index is 1.51. The van der Waals surface area contributed by atoms with Crippen LogP contribution in [0.2, 0.25) is 0 Å². The molecule has 2 amide bonds. The Bertz CT molecular complexity index is 1060. The molecule has 1 fully saturated rings. The van der Waals surface area contributed by atoms with Crippen molar-refractivity contribution >= 4 is 17.5 Å². The number of anilines is 1. The van der Waals surface area contributed by atoms with Crippen molar-refractivity contribution < 1.29 is 18.4 Å². The minimum absolute atomic E-state index is 0.169. The average Bonchev–Trinajstić information content (AvgIpc) is 2.80. The lowest BCUT2D eigenvalue weighted by molar-refractivity contribution is -0.134. The number of aromatic nitrogens is 1. The monoisotopic (exact) mass is 456 g/mol. The molecule has 2 aliphatic rings. The minimum Gasteiger partial charge on any atom is -0.346 e. The fourth-order valence-electron chi connectivity index (χ4n) is 4.73. The second-order valence-corrected chi connectivity index (χ2v) is 9.18. The SMILES string of the molecule is CCC(F)(F)c1cncc(NC(=O)c2ccc3c(c2)CN(C2CCN(C)C(=O)C2)CC3C)c1. The lowest BCUT2D eigenvalue weighted by Gasteiger charge is -2.41. The fourth-order valence-corrected chi connectivity index (χ4v) is 4.73. The van der Waals surface area contributed by atoms with Gasteiger partial charge in [-0.1, -0.05) is 19.9 Å². The number of alkyl halides is 2. The molecule has 1 saturated heterocycles. The molecular weight excluding hydrogens is 426 g/mol. The molecule has 1 aromatic heterocycles. The van der Waals surface area contributed by atoms with Crippen molar-refractivity contribution in [3.05, 3.63) is 58.9 Å². The van der Waals surface area contributed by atoms with E-state index in [-0.39, 0.29) is 41.4 Å². The van der Waals surface area contributed by atoms with Crippen molar-refractivity contribution in [1.29, 1.82) is 0 Å². The van der Waals surface area contributed by atoms with E-state index in [0.717, 1.165) is 31.3 Å². The number of benzene rings is 1. The van der Waals surface area contributed by atoms with Gasteiger partial charge in [0, 0.05) is 62.9 Å². The number of nitrogens with one attached hydrogen (secondary N) is 1. The largest absolute Gasteiger partial charge is 0.346 e. The molecule has 2 aromatic rings. The van der Waals surface area contributed by atoms with Crippen LogP contribution in [0.1, 0.15) is 66.1 Å². The second-order valence-electron chi connectivity index (χ2n) is 9.18. The fraction of sp³-hybridized carbons (Fsp3) is 0.480. The first-order valence-corrected chi connectivity index (χ1v) is 11.4. The minimum atomic E-state index is -2.99. The summed E-state index contributed by atoms with van der Waals surface area (Å²) in [7, 11) is 1.84. The number of carbonyl (C=O) groups excluding carboxylic acids is 2. The summed E-state index contributed by atoms with van der Waals surface area (Å²) in [5.74, 6) is -2.90. The van der Waals surface area contributed by atoms with Crippen LogP contribution in [-0.2, 0) is 17.3 Å². The number of nitrogens with zero attached hydrogens (tertiary/aromatic N) is 3. The van der Waals surface area contributed by atoms with E-state index in [1.54, 1.807) is 11.0 Å². The topological polar surface area (TPSA) is 65.5 Å². The maximum absolute atomic E-state index is 14.0. The quantitative estimate of drug-likeness (QED) is 0.726. The smallest absolute Gasteiger partial charge is 0.274 e. The van der Waals surface area contributed by atoms with Gasteiger partial charge in [-0.05, 0) is 41.7 Å². The first kappa shape index (κ1) is 23.3. The summed E-state index contributed by atoms with van der Waals surface area (Å²) in [6.07, 6.45) is 3.61. The van der Waals surface area contributed by atoms with Crippen molar-refractivity contribution in [3.8, 4) is 0 Å². The van der Waals surface area contributed by atoms with Crippen molar-refractivity contribution in [1.82, 2.24) is 14.8 Å². The Morgan fingerprint density at radius 2 is 2.06 bits per heavy atom. The normalized spacial score (nSPS) is 21.6. The molecule has 1 N–H and O–H groups in total. The summed E-state index contributed by atoms with van der Waals surface area (Å²) in [5.41, 5.74) is 2.76. The highest BCUT2D eigenvalue weighted by Gasteiger charge is 2.33.